The van der Waals surface area contributed by atoms with Crippen LogP contribution in [0.2, 0.25) is 0 Å². The molecule has 1 atom stereocenters. The highest BCUT2D eigenvalue weighted by atomic mass is 16.6. The van der Waals surface area contributed by atoms with Crippen molar-refractivity contribution in [1.29, 1.82) is 0 Å². The number of hydrogen-bond donors (Lipinski definition) is 1. The topological polar surface area (TPSA) is 29.5 Å². The summed E-state index contributed by atoms with van der Waals surface area (Å²) in [5.41, 5.74) is 0. The molecule has 0 aliphatic carbocycles. The molecular formula is C6H12O2. The van der Waals surface area contributed by atoms with Gasteiger partial charge in [-0.3, -0.25) is 0 Å². The number of hydrogen-bond acceptors (Lipinski definition) is 2. The number of aliphatic hydroxyl groups is 1. The van der Waals surface area contributed by atoms with E-state index in [-0.39, 0.29) is 0 Å². The van der Waals surface area contributed by atoms with Crippen molar-refractivity contribution in [3.05, 3.63) is 13.5 Å². The van der Waals surface area contributed by atoms with E-state index in [4.69, 9.17) is 5.11 Å². The monoisotopic (exact) mass is 116 g/mol. The van der Waals surface area contributed by atoms with Gasteiger partial charge >= 0.3 is 0 Å². The molecule has 2 radical (unpaired) electrons. The molecule has 0 aromatic rings. The maximum Gasteiger partial charge on any atom is 0.152 e. The summed E-state index contributed by atoms with van der Waals surface area (Å²) >= 11 is 0. The van der Waals surface area contributed by atoms with E-state index in [9.17, 15) is 0 Å². The zero-order valence-electron chi connectivity index (χ0n) is 5.13. The number of rotatable bonds is 4. The molecule has 0 aromatic carbocycles. The van der Waals surface area contributed by atoms with Crippen molar-refractivity contribution in [1.82, 2.24) is 0 Å². The van der Waals surface area contributed by atoms with E-state index < -0.39 is 6.29 Å². The first-order valence-electron chi connectivity index (χ1n) is 2.72. The Morgan fingerprint density at radius 3 is 2.88 bits per heavy atom. The highest BCUT2D eigenvalue weighted by Crippen LogP contribution is 1.95. The van der Waals surface area contributed by atoms with Gasteiger partial charge in [-0.15, -0.1) is 0 Å². The first-order valence-corrected chi connectivity index (χ1v) is 2.72. The van der Waals surface area contributed by atoms with Gasteiger partial charge < -0.3 is 9.84 Å². The lowest BCUT2D eigenvalue weighted by molar-refractivity contribution is -0.0574. The van der Waals surface area contributed by atoms with Crippen molar-refractivity contribution in [3.63, 3.8) is 0 Å². The minimum absolute atomic E-state index is 0.679. The van der Waals surface area contributed by atoms with Crippen LogP contribution in [0.15, 0.2) is 0 Å². The Morgan fingerprint density at radius 1 is 1.88 bits per heavy atom. The molecule has 1 N–H and O–H groups in total. The van der Waals surface area contributed by atoms with Gasteiger partial charge in [-0.2, -0.15) is 0 Å². The van der Waals surface area contributed by atoms with E-state index in [2.05, 4.69) is 11.7 Å². The van der Waals surface area contributed by atoms with E-state index in [0.29, 0.717) is 0 Å². The molecule has 0 spiro atoms. The summed E-state index contributed by atoms with van der Waals surface area (Å²) in [6.07, 6.45) is 0.930. The molecule has 0 fully saturated rings. The second kappa shape index (κ2) is 5.06. The predicted molar refractivity (Wildman–Crippen MR) is 31.7 cm³/mol. The van der Waals surface area contributed by atoms with Gasteiger partial charge in [-0.25, -0.2) is 0 Å². The van der Waals surface area contributed by atoms with Gasteiger partial charge in [0.05, 0.1) is 6.61 Å². The predicted octanol–water partition coefficient (Wildman–Crippen LogP) is 1.12. The molecule has 0 bridgehead atoms. The van der Waals surface area contributed by atoms with Crippen LogP contribution in [0.5, 0.6) is 0 Å². The molecule has 0 heterocycles. The van der Waals surface area contributed by atoms with Crippen molar-refractivity contribution in [2.75, 3.05) is 0 Å². The maximum atomic E-state index is 8.51. The molecule has 2 nitrogen and oxygen atoms in total. The molecule has 0 aliphatic rings. The van der Waals surface area contributed by atoms with E-state index in [1.54, 1.807) is 13.5 Å². The number of ether oxygens (including phenoxy) is 1. The van der Waals surface area contributed by atoms with E-state index in [1.807, 2.05) is 0 Å². The van der Waals surface area contributed by atoms with Gasteiger partial charge in [0, 0.05) is 0 Å². The van der Waals surface area contributed by atoms with Crippen LogP contribution in [0.1, 0.15) is 19.8 Å². The second-order valence-electron chi connectivity index (χ2n) is 1.54. The first kappa shape index (κ1) is 7.92. The van der Waals surface area contributed by atoms with Crippen LogP contribution >= 0.6 is 0 Å². The van der Waals surface area contributed by atoms with Crippen LogP contribution in [0, 0.1) is 13.5 Å². The van der Waals surface area contributed by atoms with Crippen LogP contribution in [0.25, 0.3) is 0 Å². The van der Waals surface area contributed by atoms with E-state index in [0.717, 1.165) is 12.8 Å². The first-order chi connectivity index (χ1) is 3.77. The Morgan fingerprint density at radius 2 is 2.50 bits per heavy atom. The zero-order valence-corrected chi connectivity index (χ0v) is 5.13. The Labute approximate surface area is 50.5 Å². The molecule has 2 heteroatoms. The summed E-state index contributed by atoms with van der Waals surface area (Å²) < 4.78 is 4.67. The van der Waals surface area contributed by atoms with E-state index >= 15 is 0 Å². The van der Waals surface area contributed by atoms with Crippen molar-refractivity contribution < 1.29 is 9.84 Å². The average molecular weight is 116 g/mol. The van der Waals surface area contributed by atoms with Crippen molar-refractivity contribution in [2.45, 2.75) is 26.1 Å². The van der Waals surface area contributed by atoms with Crippen LogP contribution in [0.4, 0.5) is 0 Å². The molecular weight excluding hydrogens is 104 g/mol. The van der Waals surface area contributed by atoms with Crippen molar-refractivity contribution in [3.8, 4) is 0 Å². The fourth-order valence-electron chi connectivity index (χ4n) is 0.291. The molecule has 0 aromatic heterocycles. The largest absolute Gasteiger partial charge is 0.368 e. The number of unbranched alkanes of at least 4 members (excludes halogenated alkanes) is 1. The van der Waals surface area contributed by atoms with Gasteiger partial charge in [0.2, 0.25) is 0 Å². The zero-order chi connectivity index (χ0) is 6.41. The van der Waals surface area contributed by atoms with Crippen LogP contribution in [-0.4, -0.2) is 11.4 Å². The Kier molecular flexibility index (Phi) is 5.01. The van der Waals surface area contributed by atoms with Gasteiger partial charge in [0.25, 0.3) is 0 Å². The lowest BCUT2D eigenvalue weighted by Gasteiger charge is -2.02. The van der Waals surface area contributed by atoms with Gasteiger partial charge in [0.15, 0.2) is 6.29 Å². The maximum absolute atomic E-state index is 8.51. The lowest BCUT2D eigenvalue weighted by atomic mass is 10.4. The molecule has 8 heavy (non-hydrogen) atoms. The summed E-state index contributed by atoms with van der Waals surface area (Å²) in [6, 6.07) is 0. The molecule has 0 aliphatic heterocycles. The minimum Gasteiger partial charge on any atom is -0.368 e. The van der Waals surface area contributed by atoms with Crippen LogP contribution < -0.4 is 0 Å². The Balaban J connectivity index is 2.72. The number of aliphatic hydroxyl groups excluding tert-OH is 1. The van der Waals surface area contributed by atoms with Crippen molar-refractivity contribution >= 4 is 0 Å². The fourth-order valence-corrected chi connectivity index (χ4v) is 0.291. The average Bonchev–Trinajstić information content (AvgIpc) is 1.66. The third kappa shape index (κ3) is 5.92. The minimum atomic E-state index is -0.679. The smallest absolute Gasteiger partial charge is 0.152 e. The van der Waals surface area contributed by atoms with Gasteiger partial charge in [-0.1, -0.05) is 13.3 Å². The third-order valence-electron chi connectivity index (χ3n) is 0.615. The van der Waals surface area contributed by atoms with Crippen molar-refractivity contribution in [2.24, 2.45) is 0 Å². The molecule has 48 valence electrons. The van der Waals surface area contributed by atoms with Gasteiger partial charge in [0.1, 0.15) is 0 Å². The molecule has 0 saturated carbocycles. The molecule has 0 rings (SSSR count). The Hall–Kier alpha value is -0.0800. The highest BCUT2D eigenvalue weighted by molar-refractivity contribution is 4.51. The summed E-state index contributed by atoms with van der Waals surface area (Å²) in [6.45, 7) is 6.73. The fraction of sp³-hybridized carbons (Fsp3) is 0.667. The summed E-state index contributed by atoms with van der Waals surface area (Å²) in [7, 11) is 0. The second-order valence-corrected chi connectivity index (χ2v) is 1.54. The molecule has 0 amide bonds. The summed E-state index contributed by atoms with van der Waals surface area (Å²) in [5, 5.41) is 8.51. The highest BCUT2D eigenvalue weighted by Gasteiger charge is 1.91. The third-order valence-corrected chi connectivity index (χ3v) is 0.615. The standard InChI is InChI=1S/C6H12O2/c1-3-4-5-8-6(2)7/h5-7H,1,3-4H2,2H3. The van der Waals surface area contributed by atoms with Crippen LogP contribution in [-0.2, 0) is 4.74 Å². The van der Waals surface area contributed by atoms with Gasteiger partial charge in [-0.05, 0) is 13.3 Å². The summed E-state index contributed by atoms with van der Waals surface area (Å²) in [4.78, 5) is 0. The van der Waals surface area contributed by atoms with E-state index in [1.165, 1.54) is 0 Å². The Bertz CT molecular complexity index is 43.8. The molecule has 1 unspecified atom stereocenters. The molecule has 0 saturated heterocycles. The van der Waals surface area contributed by atoms with Crippen LogP contribution in [0.3, 0.4) is 0 Å². The normalized spacial score (nSPS) is 13.9. The SMILES string of the molecule is [CH2]CC[CH]OC(C)O. The lowest BCUT2D eigenvalue weighted by Crippen LogP contribution is -2.02. The summed E-state index contributed by atoms with van der Waals surface area (Å²) in [5.74, 6) is 0. The quantitative estimate of drug-likeness (QED) is 0.440.